The highest BCUT2D eigenvalue weighted by atomic mass is 19.1. The van der Waals surface area contributed by atoms with Gasteiger partial charge in [0.2, 0.25) is 0 Å². The minimum atomic E-state index is -0.943. The molecule has 8 heteroatoms. The standard InChI is InChI=1S/C32H39F2N3O3/c1-4-11-36(12-5-2)31(39)26-13-23(3)14-27(17-26)32(40)37(21-25-15-28(33)18-29(34)16-25)22-30(38)20-35-19-24-9-7-6-8-10-24/h6-10,13-18,30,35,38H,4-5,11-12,19-22H2,1-3H3/t30-/m0/s1. The van der Waals surface area contributed by atoms with Gasteiger partial charge in [-0.25, -0.2) is 8.78 Å². The van der Waals surface area contributed by atoms with Crippen molar-refractivity contribution in [2.45, 2.75) is 52.8 Å². The van der Waals surface area contributed by atoms with E-state index in [9.17, 15) is 23.5 Å². The molecular formula is C32H39F2N3O3. The highest BCUT2D eigenvalue weighted by Gasteiger charge is 2.23. The quantitative estimate of drug-likeness (QED) is 0.284. The van der Waals surface area contributed by atoms with E-state index in [1.807, 2.05) is 51.1 Å². The number of rotatable bonds is 14. The Hall–Kier alpha value is -3.62. The average molecular weight is 552 g/mol. The van der Waals surface area contributed by atoms with Gasteiger partial charge < -0.3 is 20.2 Å². The van der Waals surface area contributed by atoms with Crippen LogP contribution in [0.2, 0.25) is 0 Å². The number of aliphatic hydroxyl groups excluding tert-OH is 1. The third-order valence-electron chi connectivity index (χ3n) is 6.41. The van der Waals surface area contributed by atoms with Crippen LogP contribution in [0.15, 0.2) is 66.7 Å². The summed E-state index contributed by atoms with van der Waals surface area (Å²) in [7, 11) is 0. The topological polar surface area (TPSA) is 72.9 Å². The molecule has 0 saturated carbocycles. The zero-order valence-corrected chi connectivity index (χ0v) is 23.5. The molecule has 6 nitrogen and oxygen atoms in total. The first kappa shape index (κ1) is 30.9. The minimum absolute atomic E-state index is 0.0756. The molecule has 0 aromatic heterocycles. The SMILES string of the molecule is CCCN(CCC)C(=O)c1cc(C)cc(C(=O)N(Cc2cc(F)cc(F)c2)C[C@@H](O)CNCc2ccccc2)c1. The molecule has 2 amide bonds. The maximum Gasteiger partial charge on any atom is 0.254 e. The summed E-state index contributed by atoms with van der Waals surface area (Å²) in [6.45, 7) is 7.61. The number of hydrogen-bond donors (Lipinski definition) is 2. The number of benzene rings is 3. The van der Waals surface area contributed by atoms with Crippen molar-refractivity contribution in [1.29, 1.82) is 0 Å². The molecule has 0 fully saturated rings. The van der Waals surface area contributed by atoms with Crippen LogP contribution in [-0.2, 0) is 13.1 Å². The monoisotopic (exact) mass is 551 g/mol. The van der Waals surface area contributed by atoms with Crippen molar-refractivity contribution in [1.82, 2.24) is 15.1 Å². The van der Waals surface area contributed by atoms with Crippen LogP contribution in [0.1, 0.15) is 64.1 Å². The van der Waals surface area contributed by atoms with Crippen molar-refractivity contribution in [3.8, 4) is 0 Å². The molecule has 0 bridgehead atoms. The number of halogens is 2. The lowest BCUT2D eigenvalue weighted by Crippen LogP contribution is -2.41. The fourth-order valence-electron chi connectivity index (χ4n) is 4.69. The van der Waals surface area contributed by atoms with E-state index in [-0.39, 0.29) is 36.7 Å². The summed E-state index contributed by atoms with van der Waals surface area (Å²) in [6.07, 6.45) is 0.691. The molecule has 2 N–H and O–H groups in total. The Kier molecular flexibility index (Phi) is 11.8. The number of carbonyl (C=O) groups excluding carboxylic acids is 2. The zero-order valence-electron chi connectivity index (χ0n) is 23.5. The molecule has 214 valence electrons. The maximum absolute atomic E-state index is 13.9. The Labute approximate surface area is 235 Å². The Balaban J connectivity index is 1.83. The van der Waals surface area contributed by atoms with Gasteiger partial charge in [0.25, 0.3) is 11.8 Å². The summed E-state index contributed by atoms with van der Waals surface area (Å²) in [4.78, 5) is 30.2. The van der Waals surface area contributed by atoms with Crippen molar-refractivity contribution >= 4 is 11.8 Å². The van der Waals surface area contributed by atoms with Crippen molar-refractivity contribution in [2.24, 2.45) is 0 Å². The Morgan fingerprint density at radius 1 is 0.825 bits per heavy atom. The molecule has 0 aliphatic rings. The van der Waals surface area contributed by atoms with Crippen LogP contribution >= 0.6 is 0 Å². The van der Waals surface area contributed by atoms with Gasteiger partial charge in [-0.05, 0) is 66.8 Å². The first-order valence-corrected chi connectivity index (χ1v) is 13.8. The summed E-state index contributed by atoms with van der Waals surface area (Å²) in [5, 5.41) is 14.0. The molecule has 0 aliphatic heterocycles. The summed E-state index contributed by atoms with van der Waals surface area (Å²) in [5.74, 6) is -2.09. The number of nitrogens with one attached hydrogen (secondary N) is 1. The van der Waals surface area contributed by atoms with Crippen LogP contribution in [-0.4, -0.2) is 59.0 Å². The average Bonchev–Trinajstić information content (AvgIpc) is 2.91. The third kappa shape index (κ3) is 9.24. The van der Waals surface area contributed by atoms with Gasteiger partial charge >= 0.3 is 0 Å². The molecule has 3 aromatic carbocycles. The normalized spacial score (nSPS) is 11.8. The molecule has 1 atom stereocenters. The summed E-state index contributed by atoms with van der Waals surface area (Å²) < 4.78 is 27.9. The predicted octanol–water partition coefficient (Wildman–Crippen LogP) is 5.33. The fraction of sp³-hybridized carbons (Fsp3) is 0.375. The van der Waals surface area contributed by atoms with E-state index in [2.05, 4.69) is 5.32 Å². The molecule has 0 radical (unpaired) electrons. The highest BCUT2D eigenvalue weighted by molar-refractivity contribution is 6.00. The molecule has 3 aromatic rings. The van der Waals surface area contributed by atoms with Gasteiger partial charge in [0.1, 0.15) is 11.6 Å². The first-order valence-electron chi connectivity index (χ1n) is 13.8. The maximum atomic E-state index is 13.9. The van der Waals surface area contributed by atoms with Crippen molar-refractivity contribution in [3.05, 3.63) is 106 Å². The molecule has 3 rings (SSSR count). The van der Waals surface area contributed by atoms with Crippen LogP contribution in [0, 0.1) is 18.6 Å². The number of aryl methyl sites for hydroxylation is 1. The Bertz CT molecular complexity index is 1240. The van der Waals surface area contributed by atoms with E-state index in [1.54, 1.807) is 23.1 Å². The van der Waals surface area contributed by atoms with Crippen LogP contribution in [0.5, 0.6) is 0 Å². The van der Waals surface area contributed by atoms with Crippen LogP contribution in [0.4, 0.5) is 8.78 Å². The van der Waals surface area contributed by atoms with Gasteiger partial charge in [0.05, 0.1) is 6.10 Å². The first-order chi connectivity index (χ1) is 19.2. The summed E-state index contributed by atoms with van der Waals surface area (Å²) >= 11 is 0. The second-order valence-electron chi connectivity index (χ2n) is 10.1. The van der Waals surface area contributed by atoms with Crippen LogP contribution in [0.25, 0.3) is 0 Å². The van der Waals surface area contributed by atoms with E-state index in [1.165, 1.54) is 17.0 Å². The van der Waals surface area contributed by atoms with Crippen LogP contribution in [0.3, 0.4) is 0 Å². The van der Waals surface area contributed by atoms with Gasteiger partial charge in [-0.1, -0.05) is 44.2 Å². The number of amides is 2. The lowest BCUT2D eigenvalue weighted by molar-refractivity contribution is 0.0603. The van der Waals surface area contributed by atoms with Gasteiger partial charge in [-0.15, -0.1) is 0 Å². The van der Waals surface area contributed by atoms with Gasteiger partial charge in [-0.2, -0.15) is 0 Å². The molecule has 0 heterocycles. The van der Waals surface area contributed by atoms with Crippen molar-refractivity contribution < 1.29 is 23.5 Å². The highest BCUT2D eigenvalue weighted by Crippen LogP contribution is 2.18. The zero-order chi connectivity index (χ0) is 29.1. The third-order valence-corrected chi connectivity index (χ3v) is 6.41. The summed E-state index contributed by atoms with van der Waals surface area (Å²) in [6, 6.07) is 17.8. The van der Waals surface area contributed by atoms with Gasteiger partial charge in [0.15, 0.2) is 0 Å². The minimum Gasteiger partial charge on any atom is -0.390 e. The molecule has 0 unspecified atom stereocenters. The lowest BCUT2D eigenvalue weighted by Gasteiger charge is -2.27. The molecular weight excluding hydrogens is 512 g/mol. The Morgan fingerprint density at radius 2 is 1.40 bits per heavy atom. The smallest absolute Gasteiger partial charge is 0.254 e. The predicted molar refractivity (Wildman–Crippen MR) is 153 cm³/mol. The number of aliphatic hydroxyl groups is 1. The molecule has 40 heavy (non-hydrogen) atoms. The number of nitrogens with zero attached hydrogens (tertiary/aromatic N) is 2. The Morgan fingerprint density at radius 3 is 1.98 bits per heavy atom. The lowest BCUT2D eigenvalue weighted by atomic mass is 10.0. The van der Waals surface area contributed by atoms with Gasteiger partial charge in [-0.3, -0.25) is 9.59 Å². The van der Waals surface area contributed by atoms with E-state index >= 15 is 0 Å². The fourth-order valence-corrected chi connectivity index (χ4v) is 4.69. The van der Waals surface area contributed by atoms with Crippen molar-refractivity contribution in [3.63, 3.8) is 0 Å². The van der Waals surface area contributed by atoms with Crippen molar-refractivity contribution in [2.75, 3.05) is 26.2 Å². The molecule has 0 saturated heterocycles. The largest absolute Gasteiger partial charge is 0.390 e. The summed E-state index contributed by atoms with van der Waals surface area (Å²) in [5.41, 5.74) is 2.74. The number of carbonyl (C=O) groups is 2. The van der Waals surface area contributed by atoms with E-state index in [4.69, 9.17) is 0 Å². The second kappa shape index (κ2) is 15.2. The van der Waals surface area contributed by atoms with E-state index < -0.39 is 23.6 Å². The number of hydrogen-bond acceptors (Lipinski definition) is 4. The van der Waals surface area contributed by atoms with E-state index in [0.29, 0.717) is 25.2 Å². The molecule has 0 spiro atoms. The van der Waals surface area contributed by atoms with Crippen LogP contribution < -0.4 is 5.32 Å². The second-order valence-corrected chi connectivity index (χ2v) is 10.1. The van der Waals surface area contributed by atoms with E-state index in [0.717, 1.165) is 30.0 Å². The molecule has 0 aliphatic carbocycles. The van der Waals surface area contributed by atoms with Gasteiger partial charge in [0, 0.05) is 56.5 Å².